The quantitative estimate of drug-likeness (QED) is 0.624. The fraction of sp³-hybridized carbons (Fsp3) is 0.500. The van der Waals surface area contributed by atoms with Crippen molar-refractivity contribution < 1.29 is 0 Å². The predicted molar refractivity (Wildman–Crippen MR) is 60.0 cm³/mol. The van der Waals surface area contributed by atoms with Gasteiger partial charge in [0.25, 0.3) is 0 Å². The second kappa shape index (κ2) is 3.93. The average Bonchev–Trinajstić information content (AvgIpc) is 2.18. The van der Waals surface area contributed by atoms with Crippen LogP contribution in [-0.2, 0) is 6.42 Å². The van der Waals surface area contributed by atoms with Crippen molar-refractivity contribution in [1.82, 2.24) is 4.48 Å². The Morgan fingerprint density at radius 2 is 1.54 bits per heavy atom. The van der Waals surface area contributed by atoms with E-state index in [2.05, 4.69) is 52.2 Å². The predicted octanol–water partition coefficient (Wildman–Crippen LogP) is 2.84. The molecule has 1 nitrogen and oxygen atoms in total. The summed E-state index contributed by atoms with van der Waals surface area (Å²) in [5, 5.41) is 0. The number of rotatable bonds is 3. The van der Waals surface area contributed by atoms with Crippen molar-refractivity contribution in [2.45, 2.75) is 20.3 Å². The molecule has 72 valence electrons. The third-order valence-electron chi connectivity index (χ3n) is 2.83. The summed E-state index contributed by atoms with van der Waals surface area (Å²) in [6.07, 6.45) is 1.12. The molecule has 0 fully saturated rings. The van der Waals surface area contributed by atoms with Crippen molar-refractivity contribution >= 4 is 5.69 Å². The second-order valence-corrected chi connectivity index (χ2v) is 4.02. The number of aryl methyl sites for hydroxylation is 1. The molecule has 0 N–H and O–H groups in total. The minimum absolute atomic E-state index is 0.962. The van der Waals surface area contributed by atoms with Gasteiger partial charge < -0.3 is 0 Å². The van der Waals surface area contributed by atoms with E-state index in [0.717, 1.165) is 17.4 Å². The van der Waals surface area contributed by atoms with Gasteiger partial charge in [0.2, 0.25) is 0 Å². The fourth-order valence-electron chi connectivity index (χ4n) is 1.32. The van der Waals surface area contributed by atoms with Crippen LogP contribution in [-0.4, -0.2) is 20.6 Å². The van der Waals surface area contributed by atoms with Gasteiger partial charge in [-0.25, -0.2) is 0 Å². The Kier molecular flexibility index (Phi) is 3.10. The van der Waals surface area contributed by atoms with Crippen molar-refractivity contribution in [1.29, 1.82) is 0 Å². The minimum Gasteiger partial charge on any atom is -0.296 e. The maximum atomic E-state index is 2.24. The van der Waals surface area contributed by atoms with Gasteiger partial charge in [0, 0.05) is 0 Å². The van der Waals surface area contributed by atoms with Gasteiger partial charge in [-0.2, -0.15) is 0 Å². The molecule has 0 atom stereocenters. The summed E-state index contributed by atoms with van der Waals surface area (Å²) in [6.45, 7) is 5.54. The minimum atomic E-state index is 0.962. The van der Waals surface area contributed by atoms with Crippen LogP contribution in [0.2, 0.25) is 0 Å². The van der Waals surface area contributed by atoms with E-state index in [1.807, 2.05) is 0 Å². The van der Waals surface area contributed by atoms with Crippen LogP contribution in [0.25, 0.3) is 0 Å². The van der Waals surface area contributed by atoms with Gasteiger partial charge in [-0.1, -0.05) is 19.1 Å². The largest absolute Gasteiger partial charge is 0.296 e. The molecule has 0 unspecified atom stereocenters. The molecule has 0 saturated heterocycles. The Morgan fingerprint density at radius 1 is 1.00 bits per heavy atom. The van der Waals surface area contributed by atoms with Gasteiger partial charge in [0.15, 0.2) is 0 Å². The highest BCUT2D eigenvalue weighted by Gasteiger charge is 2.14. The molecule has 0 saturated carbocycles. The van der Waals surface area contributed by atoms with Crippen LogP contribution in [0.5, 0.6) is 0 Å². The van der Waals surface area contributed by atoms with Crippen LogP contribution in [0.15, 0.2) is 24.3 Å². The first-order chi connectivity index (χ1) is 6.10. The highest BCUT2D eigenvalue weighted by atomic mass is 15.3. The molecule has 0 bridgehead atoms. The normalized spacial score (nSPS) is 11.7. The van der Waals surface area contributed by atoms with Crippen molar-refractivity contribution in [3.8, 4) is 0 Å². The van der Waals surface area contributed by atoms with Crippen LogP contribution in [0.1, 0.15) is 19.4 Å². The Hall–Kier alpha value is -0.820. The molecule has 1 heteroatoms. The fourth-order valence-corrected chi connectivity index (χ4v) is 1.32. The third kappa shape index (κ3) is 2.31. The van der Waals surface area contributed by atoms with Gasteiger partial charge in [0.05, 0.1) is 20.6 Å². The second-order valence-electron chi connectivity index (χ2n) is 4.02. The smallest absolute Gasteiger partial charge is 0.132 e. The molecule has 0 aliphatic rings. The SMILES string of the molecule is CCc1ccc([N+](C)(C)CC)cc1. The van der Waals surface area contributed by atoms with E-state index in [9.17, 15) is 0 Å². The molecule has 0 aliphatic carbocycles. The Balaban J connectivity index is 2.92. The lowest BCUT2D eigenvalue weighted by molar-refractivity contribution is 0.421. The van der Waals surface area contributed by atoms with Crippen molar-refractivity contribution in [2.24, 2.45) is 0 Å². The summed E-state index contributed by atoms with van der Waals surface area (Å²) in [5.41, 5.74) is 2.81. The molecule has 13 heavy (non-hydrogen) atoms. The first-order valence-electron chi connectivity index (χ1n) is 5.02. The highest BCUT2D eigenvalue weighted by molar-refractivity contribution is 5.43. The highest BCUT2D eigenvalue weighted by Crippen LogP contribution is 2.18. The van der Waals surface area contributed by atoms with Crippen LogP contribution in [0.4, 0.5) is 5.69 Å². The van der Waals surface area contributed by atoms with Gasteiger partial charge in [-0.3, -0.25) is 4.48 Å². The van der Waals surface area contributed by atoms with Crippen LogP contribution >= 0.6 is 0 Å². The van der Waals surface area contributed by atoms with Crippen molar-refractivity contribution in [3.05, 3.63) is 29.8 Å². The molecule has 0 amide bonds. The summed E-state index contributed by atoms with van der Waals surface area (Å²) in [5.74, 6) is 0. The molecule has 0 aromatic heterocycles. The van der Waals surface area contributed by atoms with Crippen molar-refractivity contribution in [2.75, 3.05) is 20.6 Å². The van der Waals surface area contributed by atoms with E-state index in [-0.39, 0.29) is 0 Å². The molecular formula is C12H20N+. The summed E-state index contributed by atoms with van der Waals surface area (Å²) in [4.78, 5) is 0. The zero-order valence-corrected chi connectivity index (χ0v) is 9.17. The van der Waals surface area contributed by atoms with E-state index in [1.54, 1.807) is 0 Å². The molecule has 0 heterocycles. The molecule has 1 aromatic rings. The number of hydrogen-bond donors (Lipinski definition) is 0. The molecular weight excluding hydrogens is 158 g/mol. The van der Waals surface area contributed by atoms with Crippen molar-refractivity contribution in [3.63, 3.8) is 0 Å². The topological polar surface area (TPSA) is 0 Å². The van der Waals surface area contributed by atoms with Gasteiger partial charge in [0.1, 0.15) is 5.69 Å². The van der Waals surface area contributed by atoms with Gasteiger partial charge in [-0.15, -0.1) is 0 Å². The zero-order valence-electron chi connectivity index (χ0n) is 9.17. The maximum Gasteiger partial charge on any atom is 0.132 e. The van der Waals surface area contributed by atoms with E-state index in [1.165, 1.54) is 11.3 Å². The third-order valence-corrected chi connectivity index (χ3v) is 2.83. The van der Waals surface area contributed by atoms with E-state index < -0.39 is 0 Å². The van der Waals surface area contributed by atoms with Crippen LogP contribution < -0.4 is 4.48 Å². The maximum absolute atomic E-state index is 2.24. The molecule has 0 spiro atoms. The molecule has 0 aliphatic heterocycles. The van der Waals surface area contributed by atoms with Crippen LogP contribution in [0.3, 0.4) is 0 Å². The monoisotopic (exact) mass is 178 g/mol. The summed E-state index contributed by atoms with van der Waals surface area (Å²) in [7, 11) is 4.47. The number of benzene rings is 1. The Morgan fingerprint density at radius 3 is 1.92 bits per heavy atom. The summed E-state index contributed by atoms with van der Waals surface area (Å²) < 4.78 is 0.962. The van der Waals surface area contributed by atoms with Crippen LogP contribution in [0, 0.1) is 0 Å². The van der Waals surface area contributed by atoms with Gasteiger partial charge >= 0.3 is 0 Å². The lowest BCUT2D eigenvalue weighted by atomic mass is 10.1. The van der Waals surface area contributed by atoms with E-state index in [0.29, 0.717) is 0 Å². The van der Waals surface area contributed by atoms with E-state index in [4.69, 9.17) is 0 Å². The van der Waals surface area contributed by atoms with Gasteiger partial charge in [-0.05, 0) is 31.0 Å². The molecule has 1 rings (SSSR count). The standard InChI is InChI=1S/C12H20N/c1-5-11-7-9-12(10-8-11)13(3,4)6-2/h7-10H,5-6H2,1-4H3/q+1. The number of quaternary nitrogens is 1. The number of nitrogens with zero attached hydrogens (tertiary/aromatic N) is 1. The number of hydrogen-bond acceptors (Lipinski definition) is 0. The molecule has 0 radical (unpaired) electrons. The molecule has 1 aromatic carbocycles. The average molecular weight is 178 g/mol. The first-order valence-corrected chi connectivity index (χ1v) is 5.02. The van der Waals surface area contributed by atoms with E-state index >= 15 is 0 Å². The summed E-state index contributed by atoms with van der Waals surface area (Å²) >= 11 is 0. The zero-order chi connectivity index (χ0) is 9.90. The lowest BCUT2D eigenvalue weighted by Gasteiger charge is -2.27. The Bertz CT molecular complexity index is 259. The summed E-state index contributed by atoms with van der Waals surface area (Å²) in [6, 6.07) is 8.93. The first kappa shape index (κ1) is 10.3. The Labute approximate surface area is 81.6 Å². The lowest BCUT2D eigenvalue weighted by Crippen LogP contribution is -2.39.